The van der Waals surface area contributed by atoms with E-state index in [1.165, 1.54) is 19.5 Å². The Morgan fingerprint density at radius 3 is 2.70 bits per heavy atom. The van der Waals surface area contributed by atoms with Crippen LogP contribution in [0, 0.1) is 23.2 Å². The molecule has 1 fully saturated rings. The molecule has 1 atom stereocenters. The Kier molecular flexibility index (Phi) is 5.43. The molecule has 0 aromatic heterocycles. The minimum absolute atomic E-state index is 0.675. The topological polar surface area (TPSA) is 36.3 Å². The molecule has 0 radical (unpaired) electrons. The standard InChI is InChI=1S/C17H24N2O/c1-14(2)16-8-10-19(13-16)9-3-11-20-17-6-4-15(12-18)5-7-17/h4-7,14,16H,3,8-11,13H2,1-2H3. The average Bonchev–Trinajstić information content (AvgIpc) is 2.93. The number of benzene rings is 1. The summed E-state index contributed by atoms with van der Waals surface area (Å²) in [6, 6.07) is 9.43. The van der Waals surface area contributed by atoms with E-state index < -0.39 is 0 Å². The molecule has 1 aliphatic heterocycles. The van der Waals surface area contributed by atoms with E-state index in [1.54, 1.807) is 12.1 Å². The van der Waals surface area contributed by atoms with Crippen molar-refractivity contribution in [2.75, 3.05) is 26.2 Å². The van der Waals surface area contributed by atoms with Gasteiger partial charge in [-0.2, -0.15) is 5.26 Å². The maximum Gasteiger partial charge on any atom is 0.119 e. The van der Waals surface area contributed by atoms with Crippen molar-refractivity contribution in [3.63, 3.8) is 0 Å². The van der Waals surface area contributed by atoms with Crippen molar-refractivity contribution >= 4 is 0 Å². The molecule has 1 aromatic rings. The van der Waals surface area contributed by atoms with Gasteiger partial charge < -0.3 is 9.64 Å². The van der Waals surface area contributed by atoms with Gasteiger partial charge >= 0.3 is 0 Å². The maximum absolute atomic E-state index is 8.73. The summed E-state index contributed by atoms with van der Waals surface area (Å²) < 4.78 is 5.70. The summed E-state index contributed by atoms with van der Waals surface area (Å²) in [7, 11) is 0. The highest BCUT2D eigenvalue weighted by Crippen LogP contribution is 2.23. The summed E-state index contributed by atoms with van der Waals surface area (Å²) in [6.45, 7) is 8.99. The third-order valence-electron chi connectivity index (χ3n) is 4.12. The third-order valence-corrected chi connectivity index (χ3v) is 4.12. The highest BCUT2D eigenvalue weighted by Gasteiger charge is 2.23. The molecule has 0 bridgehead atoms. The fraction of sp³-hybridized carbons (Fsp3) is 0.588. The van der Waals surface area contributed by atoms with Crippen molar-refractivity contribution in [3.05, 3.63) is 29.8 Å². The van der Waals surface area contributed by atoms with Crippen LogP contribution < -0.4 is 4.74 Å². The van der Waals surface area contributed by atoms with E-state index in [0.717, 1.165) is 37.2 Å². The molecule has 20 heavy (non-hydrogen) atoms. The van der Waals surface area contributed by atoms with Gasteiger partial charge in [0.1, 0.15) is 5.75 Å². The zero-order chi connectivity index (χ0) is 14.4. The van der Waals surface area contributed by atoms with Gasteiger partial charge in [-0.15, -0.1) is 0 Å². The first-order chi connectivity index (χ1) is 9.69. The van der Waals surface area contributed by atoms with Crippen LogP contribution in [-0.4, -0.2) is 31.1 Å². The van der Waals surface area contributed by atoms with E-state index in [4.69, 9.17) is 10.00 Å². The van der Waals surface area contributed by atoms with E-state index >= 15 is 0 Å². The zero-order valence-electron chi connectivity index (χ0n) is 12.5. The fourth-order valence-corrected chi connectivity index (χ4v) is 2.71. The zero-order valence-corrected chi connectivity index (χ0v) is 12.5. The average molecular weight is 272 g/mol. The van der Waals surface area contributed by atoms with Crippen molar-refractivity contribution in [2.45, 2.75) is 26.7 Å². The van der Waals surface area contributed by atoms with Crippen LogP contribution in [0.1, 0.15) is 32.3 Å². The molecule has 1 aliphatic rings. The van der Waals surface area contributed by atoms with E-state index in [-0.39, 0.29) is 0 Å². The van der Waals surface area contributed by atoms with Gasteiger partial charge in [0.2, 0.25) is 0 Å². The first-order valence-electron chi connectivity index (χ1n) is 7.54. The monoisotopic (exact) mass is 272 g/mol. The van der Waals surface area contributed by atoms with Gasteiger partial charge in [0, 0.05) is 13.1 Å². The van der Waals surface area contributed by atoms with Gasteiger partial charge in [-0.05, 0) is 55.5 Å². The molecule has 1 heterocycles. The smallest absolute Gasteiger partial charge is 0.119 e. The second-order valence-electron chi connectivity index (χ2n) is 5.93. The number of nitrogens with zero attached hydrogens (tertiary/aromatic N) is 2. The Morgan fingerprint density at radius 2 is 2.10 bits per heavy atom. The largest absolute Gasteiger partial charge is 0.494 e. The molecule has 0 amide bonds. The lowest BCUT2D eigenvalue weighted by Crippen LogP contribution is -2.24. The van der Waals surface area contributed by atoms with Crippen molar-refractivity contribution in [1.29, 1.82) is 5.26 Å². The number of likely N-dealkylation sites (tertiary alicyclic amines) is 1. The summed E-state index contributed by atoms with van der Waals surface area (Å²) in [6.07, 6.45) is 2.40. The summed E-state index contributed by atoms with van der Waals surface area (Å²) >= 11 is 0. The number of ether oxygens (including phenoxy) is 1. The number of nitriles is 1. The lowest BCUT2D eigenvalue weighted by Gasteiger charge is -2.17. The first-order valence-corrected chi connectivity index (χ1v) is 7.54. The van der Waals surface area contributed by atoms with Gasteiger partial charge in [-0.1, -0.05) is 13.8 Å². The van der Waals surface area contributed by atoms with Crippen LogP contribution >= 0.6 is 0 Å². The van der Waals surface area contributed by atoms with Crippen molar-refractivity contribution in [3.8, 4) is 11.8 Å². The Morgan fingerprint density at radius 1 is 1.35 bits per heavy atom. The molecule has 1 saturated heterocycles. The Hall–Kier alpha value is -1.53. The Balaban J connectivity index is 1.63. The van der Waals surface area contributed by atoms with Crippen LogP contribution in [0.3, 0.4) is 0 Å². The molecule has 1 aromatic carbocycles. The van der Waals surface area contributed by atoms with Gasteiger partial charge in [0.15, 0.2) is 0 Å². The molecule has 0 aliphatic carbocycles. The van der Waals surface area contributed by atoms with Crippen LogP contribution in [0.2, 0.25) is 0 Å². The van der Waals surface area contributed by atoms with Crippen LogP contribution in [0.15, 0.2) is 24.3 Å². The van der Waals surface area contributed by atoms with E-state index in [9.17, 15) is 0 Å². The number of hydrogen-bond acceptors (Lipinski definition) is 3. The quantitative estimate of drug-likeness (QED) is 0.745. The highest BCUT2D eigenvalue weighted by atomic mass is 16.5. The molecule has 0 N–H and O–H groups in total. The van der Waals surface area contributed by atoms with E-state index in [1.807, 2.05) is 12.1 Å². The van der Waals surface area contributed by atoms with Crippen molar-refractivity contribution < 1.29 is 4.74 Å². The molecule has 2 rings (SSSR count). The predicted octanol–water partition coefficient (Wildman–Crippen LogP) is 3.31. The summed E-state index contributed by atoms with van der Waals surface area (Å²) in [5.41, 5.74) is 0.675. The first kappa shape index (κ1) is 14.9. The Bertz CT molecular complexity index is 447. The molecule has 0 spiro atoms. The third kappa shape index (κ3) is 4.25. The van der Waals surface area contributed by atoms with Crippen molar-refractivity contribution in [2.24, 2.45) is 11.8 Å². The molecule has 3 nitrogen and oxygen atoms in total. The lowest BCUT2D eigenvalue weighted by molar-refractivity contribution is 0.253. The molecular weight excluding hydrogens is 248 g/mol. The second kappa shape index (κ2) is 7.31. The summed E-state index contributed by atoms with van der Waals surface area (Å²) in [4.78, 5) is 2.55. The van der Waals surface area contributed by atoms with Gasteiger partial charge in [-0.3, -0.25) is 0 Å². The van der Waals surface area contributed by atoms with Gasteiger partial charge in [0.05, 0.1) is 18.2 Å². The highest BCUT2D eigenvalue weighted by molar-refractivity contribution is 5.34. The van der Waals surface area contributed by atoms with Crippen LogP contribution in [-0.2, 0) is 0 Å². The normalized spacial score (nSPS) is 19.2. The maximum atomic E-state index is 8.73. The molecule has 3 heteroatoms. The molecule has 0 saturated carbocycles. The van der Waals surface area contributed by atoms with Gasteiger partial charge in [-0.25, -0.2) is 0 Å². The van der Waals surface area contributed by atoms with Crippen molar-refractivity contribution in [1.82, 2.24) is 4.90 Å². The lowest BCUT2D eigenvalue weighted by atomic mass is 9.95. The van der Waals surface area contributed by atoms with Crippen LogP contribution in [0.5, 0.6) is 5.75 Å². The predicted molar refractivity (Wildman–Crippen MR) is 80.7 cm³/mol. The molecular formula is C17H24N2O. The minimum Gasteiger partial charge on any atom is -0.494 e. The number of rotatable bonds is 6. The van der Waals surface area contributed by atoms with E-state index in [2.05, 4.69) is 24.8 Å². The SMILES string of the molecule is CC(C)C1CCN(CCCOc2ccc(C#N)cc2)C1. The fourth-order valence-electron chi connectivity index (χ4n) is 2.71. The van der Waals surface area contributed by atoms with Crippen LogP contribution in [0.25, 0.3) is 0 Å². The Labute approximate surface area is 122 Å². The van der Waals surface area contributed by atoms with Gasteiger partial charge in [0.25, 0.3) is 0 Å². The molecule has 108 valence electrons. The number of hydrogen-bond donors (Lipinski definition) is 0. The summed E-state index contributed by atoms with van der Waals surface area (Å²) in [5.74, 6) is 2.52. The molecule has 1 unspecified atom stereocenters. The second-order valence-corrected chi connectivity index (χ2v) is 5.93. The summed E-state index contributed by atoms with van der Waals surface area (Å²) in [5, 5.41) is 8.73. The minimum atomic E-state index is 0.675. The van der Waals surface area contributed by atoms with E-state index in [0.29, 0.717) is 5.56 Å². The van der Waals surface area contributed by atoms with Crippen LogP contribution in [0.4, 0.5) is 0 Å².